The minimum Gasteiger partial charge on any atom is -0.390 e. The maximum atomic E-state index is 9.67. The summed E-state index contributed by atoms with van der Waals surface area (Å²) >= 11 is 3.34. The van der Waals surface area contributed by atoms with Crippen LogP contribution >= 0.6 is 15.9 Å². The molecule has 1 rings (SSSR count). The molecule has 0 aromatic rings. The van der Waals surface area contributed by atoms with Gasteiger partial charge in [0.15, 0.2) is 0 Å². The van der Waals surface area contributed by atoms with Crippen molar-refractivity contribution >= 4 is 15.9 Å². The Labute approximate surface area is 82.4 Å². The number of nitrogens with zero attached hydrogens (tertiary/aromatic N) is 1. The van der Waals surface area contributed by atoms with Crippen molar-refractivity contribution in [2.24, 2.45) is 0 Å². The van der Waals surface area contributed by atoms with Crippen LogP contribution in [-0.2, 0) is 0 Å². The lowest BCUT2D eigenvalue weighted by molar-refractivity contribution is -0.00257. The second kappa shape index (κ2) is 3.90. The van der Waals surface area contributed by atoms with Gasteiger partial charge in [-0.25, -0.2) is 0 Å². The van der Waals surface area contributed by atoms with Crippen LogP contribution in [0.1, 0.15) is 19.8 Å². The lowest BCUT2D eigenvalue weighted by Gasteiger charge is -2.35. The molecule has 0 spiro atoms. The Kier molecular flexibility index (Phi) is 3.32. The highest BCUT2D eigenvalue weighted by Crippen LogP contribution is 2.21. The first-order valence-electron chi connectivity index (χ1n) is 4.28. The maximum Gasteiger partial charge on any atom is 0.0644 e. The largest absolute Gasteiger partial charge is 0.390 e. The highest BCUT2D eigenvalue weighted by Gasteiger charge is 2.26. The highest BCUT2D eigenvalue weighted by molar-refractivity contribution is 9.11. The molecule has 1 aliphatic rings. The number of rotatable bonds is 2. The van der Waals surface area contributed by atoms with Crippen molar-refractivity contribution in [2.75, 3.05) is 19.6 Å². The van der Waals surface area contributed by atoms with Crippen LogP contribution in [0.15, 0.2) is 11.1 Å². The summed E-state index contributed by atoms with van der Waals surface area (Å²) in [7, 11) is 0. The molecule has 0 aliphatic carbocycles. The topological polar surface area (TPSA) is 23.5 Å². The SMILES string of the molecule is C=C(Br)CN1CCC(C)(O)CC1. The van der Waals surface area contributed by atoms with E-state index in [1.54, 1.807) is 0 Å². The Morgan fingerprint density at radius 1 is 1.58 bits per heavy atom. The van der Waals surface area contributed by atoms with Gasteiger partial charge in [-0.2, -0.15) is 0 Å². The molecule has 0 radical (unpaired) electrons. The van der Waals surface area contributed by atoms with Crippen LogP contribution in [0.5, 0.6) is 0 Å². The quantitative estimate of drug-likeness (QED) is 0.786. The zero-order valence-electron chi connectivity index (χ0n) is 7.52. The van der Waals surface area contributed by atoms with Gasteiger partial charge in [0.25, 0.3) is 0 Å². The van der Waals surface area contributed by atoms with E-state index >= 15 is 0 Å². The van der Waals surface area contributed by atoms with E-state index in [0.29, 0.717) is 0 Å². The van der Waals surface area contributed by atoms with E-state index in [0.717, 1.165) is 37.0 Å². The average molecular weight is 234 g/mol. The lowest BCUT2D eigenvalue weighted by Crippen LogP contribution is -2.42. The third kappa shape index (κ3) is 3.25. The summed E-state index contributed by atoms with van der Waals surface area (Å²) in [5.41, 5.74) is -0.440. The molecule has 0 saturated carbocycles. The standard InChI is InChI=1S/C9H16BrNO/c1-8(10)7-11-5-3-9(2,12)4-6-11/h12H,1,3-7H2,2H3. The molecule has 3 heteroatoms. The molecule has 2 nitrogen and oxygen atoms in total. The molecule has 12 heavy (non-hydrogen) atoms. The van der Waals surface area contributed by atoms with Crippen LogP contribution in [0.4, 0.5) is 0 Å². The van der Waals surface area contributed by atoms with E-state index in [9.17, 15) is 5.11 Å². The van der Waals surface area contributed by atoms with Crippen LogP contribution in [0.3, 0.4) is 0 Å². The molecule has 0 unspecified atom stereocenters. The third-order valence-electron chi connectivity index (χ3n) is 2.33. The van der Waals surface area contributed by atoms with Crippen molar-refractivity contribution in [1.29, 1.82) is 0 Å². The smallest absolute Gasteiger partial charge is 0.0644 e. The Hall–Kier alpha value is 0.140. The molecular weight excluding hydrogens is 218 g/mol. The van der Waals surface area contributed by atoms with Crippen LogP contribution in [0, 0.1) is 0 Å². The fraction of sp³-hybridized carbons (Fsp3) is 0.778. The summed E-state index contributed by atoms with van der Waals surface area (Å²) in [5, 5.41) is 9.67. The van der Waals surface area contributed by atoms with Crippen molar-refractivity contribution in [3.05, 3.63) is 11.1 Å². The number of likely N-dealkylation sites (tertiary alicyclic amines) is 1. The number of aliphatic hydroxyl groups is 1. The molecule has 70 valence electrons. The molecule has 0 bridgehead atoms. The minimum atomic E-state index is -0.440. The van der Waals surface area contributed by atoms with Crippen molar-refractivity contribution in [3.8, 4) is 0 Å². The fourth-order valence-electron chi connectivity index (χ4n) is 1.44. The predicted octanol–water partition coefficient (Wildman–Crippen LogP) is 1.74. The zero-order chi connectivity index (χ0) is 9.19. The van der Waals surface area contributed by atoms with Gasteiger partial charge < -0.3 is 5.11 Å². The van der Waals surface area contributed by atoms with E-state index < -0.39 is 5.60 Å². The van der Waals surface area contributed by atoms with Crippen molar-refractivity contribution in [3.63, 3.8) is 0 Å². The van der Waals surface area contributed by atoms with Gasteiger partial charge in [-0.3, -0.25) is 4.90 Å². The van der Waals surface area contributed by atoms with Crippen LogP contribution in [0.25, 0.3) is 0 Å². The van der Waals surface area contributed by atoms with Crippen LogP contribution in [0.2, 0.25) is 0 Å². The molecule has 0 amide bonds. The van der Waals surface area contributed by atoms with Gasteiger partial charge in [0.1, 0.15) is 0 Å². The van der Waals surface area contributed by atoms with Gasteiger partial charge in [0.05, 0.1) is 5.60 Å². The van der Waals surface area contributed by atoms with Crippen molar-refractivity contribution in [1.82, 2.24) is 4.90 Å². The summed E-state index contributed by atoms with van der Waals surface area (Å²) in [4.78, 5) is 2.30. The average Bonchev–Trinajstić information content (AvgIpc) is 1.93. The van der Waals surface area contributed by atoms with E-state index in [1.165, 1.54) is 0 Å². The second-order valence-electron chi connectivity index (χ2n) is 3.79. The van der Waals surface area contributed by atoms with Gasteiger partial charge in [0.2, 0.25) is 0 Å². The lowest BCUT2D eigenvalue weighted by atomic mass is 9.94. The number of hydrogen-bond donors (Lipinski definition) is 1. The van der Waals surface area contributed by atoms with Crippen molar-refractivity contribution < 1.29 is 5.11 Å². The molecule has 0 atom stereocenters. The van der Waals surface area contributed by atoms with Crippen molar-refractivity contribution in [2.45, 2.75) is 25.4 Å². The second-order valence-corrected chi connectivity index (χ2v) is 4.91. The summed E-state index contributed by atoms with van der Waals surface area (Å²) < 4.78 is 1.02. The highest BCUT2D eigenvalue weighted by atomic mass is 79.9. The van der Waals surface area contributed by atoms with Crippen LogP contribution < -0.4 is 0 Å². The van der Waals surface area contributed by atoms with Crippen LogP contribution in [-0.4, -0.2) is 35.2 Å². The summed E-state index contributed by atoms with van der Waals surface area (Å²) in [6.07, 6.45) is 1.74. The number of hydrogen-bond acceptors (Lipinski definition) is 2. The van der Waals surface area contributed by atoms with Gasteiger partial charge in [-0.15, -0.1) is 0 Å². The molecule has 1 heterocycles. The molecular formula is C9H16BrNO. The molecule has 1 fully saturated rings. The fourth-order valence-corrected chi connectivity index (χ4v) is 1.79. The first-order valence-corrected chi connectivity index (χ1v) is 5.07. The molecule has 1 saturated heterocycles. The first-order chi connectivity index (χ1) is 5.49. The maximum absolute atomic E-state index is 9.67. The zero-order valence-corrected chi connectivity index (χ0v) is 9.10. The summed E-state index contributed by atoms with van der Waals surface area (Å²) in [6.45, 7) is 8.55. The first kappa shape index (κ1) is 10.2. The molecule has 1 N–H and O–H groups in total. The normalized spacial score (nSPS) is 23.9. The Morgan fingerprint density at radius 2 is 2.08 bits per heavy atom. The molecule has 0 aromatic heterocycles. The van der Waals surface area contributed by atoms with Gasteiger partial charge in [-0.1, -0.05) is 22.5 Å². The summed E-state index contributed by atoms with van der Waals surface area (Å²) in [5.74, 6) is 0. The predicted molar refractivity (Wildman–Crippen MR) is 54.4 cm³/mol. The number of piperidine rings is 1. The van der Waals surface area contributed by atoms with E-state index in [1.807, 2.05) is 6.92 Å². The van der Waals surface area contributed by atoms with Gasteiger partial charge in [0, 0.05) is 24.1 Å². The van der Waals surface area contributed by atoms with E-state index in [-0.39, 0.29) is 0 Å². The Morgan fingerprint density at radius 3 is 2.50 bits per heavy atom. The monoisotopic (exact) mass is 233 g/mol. The van der Waals surface area contributed by atoms with Gasteiger partial charge >= 0.3 is 0 Å². The van der Waals surface area contributed by atoms with E-state index in [2.05, 4.69) is 27.4 Å². The molecule has 0 aromatic carbocycles. The summed E-state index contributed by atoms with van der Waals surface area (Å²) in [6, 6.07) is 0. The Balaban J connectivity index is 2.31. The third-order valence-corrected chi connectivity index (χ3v) is 2.58. The molecule has 1 aliphatic heterocycles. The number of halogens is 1. The van der Waals surface area contributed by atoms with Gasteiger partial charge in [-0.05, 0) is 19.8 Å². The van der Waals surface area contributed by atoms with E-state index in [4.69, 9.17) is 0 Å². The minimum absolute atomic E-state index is 0.440. The Bertz CT molecular complexity index is 169.